The predicted molar refractivity (Wildman–Crippen MR) is 128 cm³/mol. The third kappa shape index (κ3) is 2.79. The fourth-order valence-electron chi connectivity index (χ4n) is 5.28. The molecule has 0 unspecified atom stereocenters. The van der Waals surface area contributed by atoms with E-state index in [0.29, 0.717) is 0 Å². The van der Waals surface area contributed by atoms with Gasteiger partial charge in [-0.15, -0.1) is 0 Å². The molecule has 166 valence electrons. The second-order valence-electron chi connectivity index (χ2n) is 8.58. The highest BCUT2D eigenvalue weighted by atomic mass is 16.5. The van der Waals surface area contributed by atoms with Crippen LogP contribution in [0.25, 0.3) is 10.8 Å². The van der Waals surface area contributed by atoms with Crippen LogP contribution in [-0.2, 0) is 16.0 Å². The van der Waals surface area contributed by atoms with Crippen molar-refractivity contribution in [3.8, 4) is 12.1 Å². The summed E-state index contributed by atoms with van der Waals surface area (Å²) in [6.45, 7) is 6.10. The van der Waals surface area contributed by atoms with Crippen LogP contribution < -0.4 is 0 Å². The molecule has 2 aliphatic rings. The molecule has 3 aromatic carbocycles. The molecule has 0 N–H and O–H groups in total. The topological polar surface area (TPSA) is 89.5 Å². The van der Waals surface area contributed by atoms with Gasteiger partial charge in [-0.2, -0.15) is 15.6 Å². The van der Waals surface area contributed by atoms with Crippen LogP contribution in [0.1, 0.15) is 29.7 Å². The first-order valence-electron chi connectivity index (χ1n) is 11.1. The van der Waals surface area contributed by atoms with Crippen LogP contribution in [0.5, 0.6) is 0 Å². The van der Waals surface area contributed by atoms with E-state index in [1.807, 2.05) is 66.7 Å². The summed E-state index contributed by atoms with van der Waals surface area (Å²) in [4.78, 5) is 13.8. The number of benzene rings is 3. The summed E-state index contributed by atoms with van der Waals surface area (Å²) in [6.07, 6.45) is 1.84. The summed E-state index contributed by atoms with van der Waals surface area (Å²) in [5.74, 6) is -0.512. The van der Waals surface area contributed by atoms with Gasteiger partial charge in [0.25, 0.3) is 5.54 Å². The Morgan fingerprint density at radius 2 is 1.79 bits per heavy atom. The molecule has 0 amide bonds. The molecule has 0 radical (unpaired) electrons. The zero-order valence-corrected chi connectivity index (χ0v) is 18.7. The normalized spacial score (nSPS) is 21.9. The molecule has 2 heterocycles. The summed E-state index contributed by atoms with van der Waals surface area (Å²) >= 11 is 0. The SMILES string of the molecule is C=C1C(C#N)(C#N)N2N=Cc3ccccc3[C@H]2[C@@]1(Cc1ccc2ccccc2c1)C(=O)OCC. The number of fused-ring (bicyclic) bond motifs is 4. The number of nitrogens with zero attached hydrogens (tertiary/aromatic N) is 4. The Balaban J connectivity index is 1.78. The number of ether oxygens (including phenoxy) is 1. The van der Waals surface area contributed by atoms with Crippen molar-refractivity contribution in [3.63, 3.8) is 0 Å². The summed E-state index contributed by atoms with van der Waals surface area (Å²) in [7, 11) is 0. The molecule has 3 aromatic rings. The average Bonchev–Trinajstić information content (AvgIpc) is 3.09. The number of hydrazone groups is 1. The number of esters is 1. The molecule has 0 aromatic heterocycles. The standard InChI is InChI=1S/C28H22N4O2/c1-3-34-26(33)28(15-20-12-13-21-8-4-5-9-22(21)14-20)19(2)27(17-29,18-30)32-25(28)24-11-7-6-10-23(24)16-31-32/h4-14,16,25H,2-3,15H2,1H3/t25-,28-/m0/s1. The zero-order chi connectivity index (χ0) is 23.9. The Morgan fingerprint density at radius 1 is 1.09 bits per heavy atom. The van der Waals surface area contributed by atoms with E-state index < -0.39 is 23.0 Å². The van der Waals surface area contributed by atoms with Gasteiger partial charge in [-0.1, -0.05) is 73.3 Å². The Morgan fingerprint density at radius 3 is 2.53 bits per heavy atom. The van der Waals surface area contributed by atoms with Crippen molar-refractivity contribution in [2.45, 2.75) is 24.9 Å². The maximum Gasteiger partial charge on any atom is 0.319 e. The molecule has 0 spiro atoms. The van der Waals surface area contributed by atoms with E-state index in [0.717, 1.165) is 27.5 Å². The lowest BCUT2D eigenvalue weighted by molar-refractivity contribution is -0.155. The highest BCUT2D eigenvalue weighted by Crippen LogP contribution is 2.60. The van der Waals surface area contributed by atoms with Gasteiger partial charge >= 0.3 is 5.97 Å². The number of nitriles is 2. The van der Waals surface area contributed by atoms with Gasteiger partial charge in [-0.05, 0) is 46.4 Å². The van der Waals surface area contributed by atoms with Crippen LogP contribution in [0.4, 0.5) is 0 Å². The highest BCUT2D eigenvalue weighted by molar-refractivity contribution is 5.90. The molecule has 0 aliphatic carbocycles. The van der Waals surface area contributed by atoms with Crippen molar-refractivity contribution in [3.05, 3.63) is 95.6 Å². The first kappa shape index (κ1) is 21.4. The third-order valence-electron chi connectivity index (χ3n) is 6.90. The van der Waals surface area contributed by atoms with E-state index in [2.05, 4.69) is 23.8 Å². The molecule has 1 saturated heterocycles. The minimum absolute atomic E-state index is 0.162. The van der Waals surface area contributed by atoms with Crippen molar-refractivity contribution in [2.24, 2.45) is 10.5 Å². The van der Waals surface area contributed by atoms with Crippen LogP contribution in [0.2, 0.25) is 0 Å². The van der Waals surface area contributed by atoms with Gasteiger partial charge in [0, 0.05) is 0 Å². The zero-order valence-electron chi connectivity index (χ0n) is 18.7. The van der Waals surface area contributed by atoms with E-state index >= 15 is 0 Å². The predicted octanol–water partition coefficient (Wildman–Crippen LogP) is 4.68. The maximum absolute atomic E-state index is 13.8. The Bertz CT molecular complexity index is 1430. The molecule has 34 heavy (non-hydrogen) atoms. The summed E-state index contributed by atoms with van der Waals surface area (Å²) in [5.41, 5.74) is -0.492. The fourth-order valence-corrected chi connectivity index (χ4v) is 5.28. The molecular weight excluding hydrogens is 424 g/mol. The second-order valence-corrected chi connectivity index (χ2v) is 8.58. The maximum atomic E-state index is 13.8. The number of rotatable bonds is 4. The minimum Gasteiger partial charge on any atom is -0.465 e. The quantitative estimate of drug-likeness (QED) is 0.429. The van der Waals surface area contributed by atoms with Crippen molar-refractivity contribution in [1.82, 2.24) is 5.01 Å². The number of carbonyl (C=O) groups is 1. The largest absolute Gasteiger partial charge is 0.465 e. The van der Waals surface area contributed by atoms with Crippen molar-refractivity contribution in [2.75, 3.05) is 6.61 Å². The number of carbonyl (C=O) groups excluding carboxylic acids is 1. The lowest BCUT2D eigenvalue weighted by Crippen LogP contribution is -2.42. The van der Waals surface area contributed by atoms with E-state index in [-0.39, 0.29) is 18.6 Å². The first-order chi connectivity index (χ1) is 16.5. The van der Waals surface area contributed by atoms with Crippen LogP contribution in [0, 0.1) is 28.1 Å². The van der Waals surface area contributed by atoms with Gasteiger partial charge in [0.15, 0.2) is 0 Å². The van der Waals surface area contributed by atoms with Crippen LogP contribution in [0.3, 0.4) is 0 Å². The van der Waals surface area contributed by atoms with Crippen molar-refractivity contribution in [1.29, 1.82) is 10.5 Å². The molecule has 2 aliphatic heterocycles. The molecular formula is C28H22N4O2. The summed E-state index contributed by atoms with van der Waals surface area (Å²) in [5, 5.41) is 28.5. The van der Waals surface area contributed by atoms with Gasteiger partial charge in [0.05, 0.1) is 18.9 Å². The average molecular weight is 447 g/mol. The first-order valence-corrected chi connectivity index (χ1v) is 11.1. The van der Waals surface area contributed by atoms with Gasteiger partial charge in [0.2, 0.25) is 0 Å². The summed E-state index contributed by atoms with van der Waals surface area (Å²) < 4.78 is 5.61. The van der Waals surface area contributed by atoms with Crippen molar-refractivity contribution < 1.29 is 9.53 Å². The number of hydrogen-bond acceptors (Lipinski definition) is 6. The summed E-state index contributed by atoms with van der Waals surface area (Å²) in [6, 6.07) is 25.1. The van der Waals surface area contributed by atoms with E-state index in [9.17, 15) is 15.3 Å². The van der Waals surface area contributed by atoms with Gasteiger partial charge in [0.1, 0.15) is 17.6 Å². The fraction of sp³-hybridized carbons (Fsp3) is 0.214. The molecule has 0 saturated carbocycles. The second kappa shape index (κ2) is 7.86. The van der Waals surface area contributed by atoms with Gasteiger partial charge in [-0.3, -0.25) is 9.80 Å². The van der Waals surface area contributed by atoms with E-state index in [1.54, 1.807) is 13.1 Å². The Labute approximate surface area is 198 Å². The lowest BCUT2D eigenvalue weighted by Gasteiger charge is -2.37. The van der Waals surface area contributed by atoms with Gasteiger partial charge in [-0.25, -0.2) is 0 Å². The highest BCUT2D eigenvalue weighted by Gasteiger charge is 2.69. The lowest BCUT2D eigenvalue weighted by atomic mass is 9.67. The van der Waals surface area contributed by atoms with E-state index in [4.69, 9.17) is 4.74 Å². The van der Waals surface area contributed by atoms with Gasteiger partial charge < -0.3 is 4.74 Å². The smallest absolute Gasteiger partial charge is 0.319 e. The van der Waals surface area contributed by atoms with Crippen molar-refractivity contribution >= 4 is 23.0 Å². The van der Waals surface area contributed by atoms with Crippen LogP contribution in [0.15, 0.2) is 84.0 Å². The number of hydrogen-bond donors (Lipinski definition) is 0. The molecule has 5 rings (SSSR count). The third-order valence-corrected chi connectivity index (χ3v) is 6.90. The minimum atomic E-state index is -1.81. The molecule has 0 bridgehead atoms. The molecule has 1 fully saturated rings. The van der Waals surface area contributed by atoms with E-state index in [1.165, 1.54) is 5.01 Å². The molecule has 6 heteroatoms. The van der Waals surface area contributed by atoms with Crippen LogP contribution >= 0.6 is 0 Å². The monoisotopic (exact) mass is 446 g/mol. The molecule has 2 atom stereocenters. The Kier molecular flexibility index (Phi) is 4.96. The Hall–Kier alpha value is -4.42. The van der Waals surface area contributed by atoms with Crippen LogP contribution in [-0.4, -0.2) is 29.3 Å². The molecule has 6 nitrogen and oxygen atoms in total.